The minimum Gasteiger partial charge on any atom is -0.493 e. The molecule has 2 heterocycles. The van der Waals surface area contributed by atoms with E-state index >= 15 is 0 Å². The van der Waals surface area contributed by atoms with Crippen LogP contribution in [0.4, 0.5) is 5.95 Å². The number of hydrazine groups is 1. The van der Waals surface area contributed by atoms with E-state index in [0.29, 0.717) is 5.95 Å². The molecule has 0 unspecified atom stereocenters. The van der Waals surface area contributed by atoms with Gasteiger partial charge in [0.15, 0.2) is 0 Å². The van der Waals surface area contributed by atoms with Crippen LogP contribution in [0.1, 0.15) is 23.0 Å². The van der Waals surface area contributed by atoms with Crippen LogP contribution in [0.15, 0.2) is 47.9 Å². The summed E-state index contributed by atoms with van der Waals surface area (Å²) in [6.45, 7) is 3.71. The maximum absolute atomic E-state index is 10.4. The predicted octanol–water partition coefficient (Wildman–Crippen LogP) is 2.45. The lowest BCUT2D eigenvalue weighted by molar-refractivity contribution is 0.385. The van der Waals surface area contributed by atoms with Crippen molar-refractivity contribution in [1.29, 1.82) is 5.26 Å². The van der Waals surface area contributed by atoms with Gasteiger partial charge in [0.25, 0.3) is 0 Å². The van der Waals surface area contributed by atoms with Gasteiger partial charge in [-0.3, -0.25) is 0 Å². The molecular weight excluding hydrogens is 278 g/mol. The molecule has 1 aromatic heterocycles. The summed E-state index contributed by atoms with van der Waals surface area (Å²) >= 11 is 0. The van der Waals surface area contributed by atoms with E-state index < -0.39 is 6.04 Å². The molecule has 1 aliphatic rings. The van der Waals surface area contributed by atoms with Crippen LogP contribution in [0, 0.1) is 25.2 Å². The van der Waals surface area contributed by atoms with Gasteiger partial charge in [0.1, 0.15) is 11.6 Å². The first kappa shape index (κ1) is 14.0. The SMILES string of the molecule is Cc1cc(C)nc(N2N[C@H](c3ccccc3)C(C#N)=C2O)n1. The van der Waals surface area contributed by atoms with E-state index in [2.05, 4.69) is 21.5 Å². The van der Waals surface area contributed by atoms with Crippen molar-refractivity contribution < 1.29 is 5.11 Å². The normalized spacial score (nSPS) is 17.7. The first-order chi connectivity index (χ1) is 10.6. The minimum absolute atomic E-state index is 0.165. The van der Waals surface area contributed by atoms with E-state index in [9.17, 15) is 10.4 Å². The van der Waals surface area contributed by atoms with Crippen LogP contribution in [-0.4, -0.2) is 15.1 Å². The molecule has 6 nitrogen and oxygen atoms in total. The Hall–Kier alpha value is -2.91. The molecule has 0 saturated heterocycles. The maximum Gasteiger partial charge on any atom is 0.247 e. The molecule has 0 aliphatic carbocycles. The number of nitriles is 1. The molecule has 3 rings (SSSR count). The van der Waals surface area contributed by atoms with Crippen LogP contribution in [0.2, 0.25) is 0 Å². The van der Waals surface area contributed by atoms with Crippen molar-refractivity contribution in [2.75, 3.05) is 5.01 Å². The van der Waals surface area contributed by atoms with Crippen LogP contribution in [0.5, 0.6) is 0 Å². The Labute approximate surface area is 128 Å². The van der Waals surface area contributed by atoms with Crippen molar-refractivity contribution in [2.45, 2.75) is 19.9 Å². The van der Waals surface area contributed by atoms with Crippen molar-refractivity contribution in [3.05, 3.63) is 64.8 Å². The van der Waals surface area contributed by atoms with Gasteiger partial charge in [0, 0.05) is 11.4 Å². The fourth-order valence-electron chi connectivity index (χ4n) is 2.47. The topological polar surface area (TPSA) is 85.1 Å². The molecular formula is C16H15N5O. The smallest absolute Gasteiger partial charge is 0.247 e. The second-order valence-electron chi connectivity index (χ2n) is 5.11. The molecule has 2 aromatic rings. The molecule has 2 N–H and O–H groups in total. The lowest BCUT2D eigenvalue weighted by atomic mass is 10.0. The number of anilines is 1. The lowest BCUT2D eigenvalue weighted by Crippen LogP contribution is -2.35. The van der Waals surface area contributed by atoms with Crippen molar-refractivity contribution in [3.63, 3.8) is 0 Å². The number of hydrogen-bond donors (Lipinski definition) is 2. The van der Waals surface area contributed by atoms with Crippen LogP contribution in [-0.2, 0) is 0 Å². The van der Waals surface area contributed by atoms with Crippen LogP contribution >= 0.6 is 0 Å². The van der Waals surface area contributed by atoms with Gasteiger partial charge in [0.2, 0.25) is 11.8 Å². The molecule has 1 atom stereocenters. The first-order valence-corrected chi connectivity index (χ1v) is 6.87. The largest absolute Gasteiger partial charge is 0.493 e. The van der Waals surface area contributed by atoms with Crippen LogP contribution in [0.25, 0.3) is 0 Å². The standard InChI is InChI=1S/C16H15N5O/c1-10-8-11(2)19-16(18-10)21-15(22)13(9-17)14(20-21)12-6-4-3-5-7-12/h3-8,14,20,22H,1-2H3/t14-/m1/s1. The fraction of sp³-hybridized carbons (Fsp3) is 0.188. The van der Waals surface area contributed by atoms with Crippen molar-refractivity contribution >= 4 is 5.95 Å². The number of aryl methyl sites for hydroxylation is 2. The maximum atomic E-state index is 10.4. The zero-order valence-corrected chi connectivity index (χ0v) is 12.3. The average molecular weight is 293 g/mol. The Kier molecular flexibility index (Phi) is 3.49. The van der Waals surface area contributed by atoms with Gasteiger partial charge in [0.05, 0.1) is 6.04 Å². The van der Waals surface area contributed by atoms with Gasteiger partial charge in [-0.25, -0.2) is 20.4 Å². The van der Waals surface area contributed by atoms with Crippen molar-refractivity contribution in [1.82, 2.24) is 15.4 Å². The quantitative estimate of drug-likeness (QED) is 0.884. The lowest BCUT2D eigenvalue weighted by Gasteiger charge is -2.19. The summed E-state index contributed by atoms with van der Waals surface area (Å²) in [5.41, 5.74) is 5.80. The summed E-state index contributed by atoms with van der Waals surface area (Å²) in [7, 11) is 0. The summed E-state index contributed by atoms with van der Waals surface area (Å²) in [5.74, 6) is 0.155. The molecule has 110 valence electrons. The molecule has 0 amide bonds. The number of aromatic nitrogens is 2. The number of aliphatic hydroxyl groups is 1. The van der Waals surface area contributed by atoms with E-state index in [4.69, 9.17) is 0 Å². The number of nitrogens with zero attached hydrogens (tertiary/aromatic N) is 4. The minimum atomic E-state index is -0.421. The number of rotatable bonds is 2. The Morgan fingerprint density at radius 1 is 1.18 bits per heavy atom. The molecule has 0 fully saturated rings. The number of benzene rings is 1. The van der Waals surface area contributed by atoms with E-state index in [1.807, 2.05) is 50.2 Å². The monoisotopic (exact) mass is 293 g/mol. The molecule has 0 bridgehead atoms. The molecule has 6 heteroatoms. The van der Waals surface area contributed by atoms with E-state index in [1.165, 1.54) is 5.01 Å². The highest BCUT2D eigenvalue weighted by atomic mass is 16.3. The molecule has 22 heavy (non-hydrogen) atoms. The van der Waals surface area contributed by atoms with Crippen LogP contribution < -0.4 is 10.4 Å². The third-order valence-corrected chi connectivity index (χ3v) is 3.42. The zero-order valence-electron chi connectivity index (χ0n) is 12.3. The van der Waals surface area contributed by atoms with Gasteiger partial charge in [-0.2, -0.15) is 5.26 Å². The third-order valence-electron chi connectivity index (χ3n) is 3.42. The summed E-state index contributed by atoms with van der Waals surface area (Å²) in [6.07, 6.45) is 0. The summed E-state index contributed by atoms with van der Waals surface area (Å²) < 4.78 is 0. The molecule has 1 aromatic carbocycles. The van der Waals surface area contributed by atoms with Gasteiger partial charge >= 0.3 is 0 Å². The van der Waals surface area contributed by atoms with Crippen molar-refractivity contribution in [3.8, 4) is 6.07 Å². The zero-order chi connectivity index (χ0) is 15.7. The van der Waals surface area contributed by atoms with E-state index in [1.54, 1.807) is 0 Å². The number of hydrogen-bond acceptors (Lipinski definition) is 6. The predicted molar refractivity (Wildman–Crippen MR) is 81.6 cm³/mol. The Morgan fingerprint density at radius 3 is 2.41 bits per heavy atom. The summed E-state index contributed by atoms with van der Waals surface area (Å²) in [5, 5.41) is 21.1. The molecule has 0 spiro atoms. The van der Waals surface area contributed by atoms with Gasteiger partial charge in [-0.15, -0.1) is 0 Å². The highest BCUT2D eigenvalue weighted by Gasteiger charge is 2.34. The summed E-state index contributed by atoms with van der Waals surface area (Å²) in [6, 6.07) is 13.0. The first-order valence-electron chi connectivity index (χ1n) is 6.87. The van der Waals surface area contributed by atoms with Crippen molar-refractivity contribution in [2.24, 2.45) is 0 Å². The Balaban J connectivity index is 2.03. The Bertz CT molecular complexity index is 759. The van der Waals surface area contributed by atoms with Gasteiger partial charge in [-0.05, 0) is 25.5 Å². The number of nitrogens with one attached hydrogen (secondary N) is 1. The highest BCUT2D eigenvalue weighted by Crippen LogP contribution is 2.32. The number of aliphatic hydroxyl groups excluding tert-OH is 1. The van der Waals surface area contributed by atoms with E-state index in [0.717, 1.165) is 17.0 Å². The molecule has 1 aliphatic heterocycles. The third kappa shape index (κ3) is 2.38. The summed E-state index contributed by atoms with van der Waals surface area (Å²) in [4.78, 5) is 8.62. The second kappa shape index (κ2) is 5.47. The van der Waals surface area contributed by atoms with E-state index in [-0.39, 0.29) is 11.5 Å². The fourth-order valence-corrected chi connectivity index (χ4v) is 2.47. The molecule has 0 radical (unpaired) electrons. The molecule has 0 saturated carbocycles. The average Bonchev–Trinajstić information content (AvgIpc) is 2.84. The van der Waals surface area contributed by atoms with Crippen LogP contribution in [0.3, 0.4) is 0 Å². The van der Waals surface area contributed by atoms with Gasteiger partial charge < -0.3 is 5.11 Å². The van der Waals surface area contributed by atoms with Gasteiger partial charge in [-0.1, -0.05) is 30.3 Å². The second-order valence-corrected chi connectivity index (χ2v) is 5.11. The highest BCUT2D eigenvalue weighted by molar-refractivity contribution is 5.51. The Morgan fingerprint density at radius 2 is 1.82 bits per heavy atom.